The maximum atomic E-state index is 12.5. The smallest absolute Gasteiger partial charge is 0.227 e. The van der Waals surface area contributed by atoms with Crippen LogP contribution < -0.4 is 16.5 Å². The van der Waals surface area contributed by atoms with E-state index in [0.717, 1.165) is 12.8 Å². The molecule has 29 heavy (non-hydrogen) atoms. The van der Waals surface area contributed by atoms with Crippen molar-refractivity contribution in [3.05, 3.63) is 48.6 Å². The number of benzene rings is 1. The van der Waals surface area contributed by atoms with Crippen molar-refractivity contribution in [2.24, 2.45) is 5.92 Å². The summed E-state index contributed by atoms with van der Waals surface area (Å²) >= 11 is 0. The molecule has 0 saturated heterocycles. The number of carbonyl (C=O) groups excluding carboxylic acids is 2. The first kappa shape index (κ1) is 22.6. The zero-order chi connectivity index (χ0) is 20.9. The van der Waals surface area contributed by atoms with E-state index in [0.29, 0.717) is 30.6 Å². The number of anilines is 2. The number of hydrogen-bond acceptors (Lipinski definition) is 5. The second-order valence-electron chi connectivity index (χ2n) is 7.13. The van der Waals surface area contributed by atoms with Crippen LogP contribution in [0.15, 0.2) is 48.6 Å². The van der Waals surface area contributed by atoms with Crippen LogP contribution in [0.3, 0.4) is 0 Å². The van der Waals surface area contributed by atoms with Crippen molar-refractivity contribution in [1.29, 1.82) is 0 Å². The van der Waals surface area contributed by atoms with Gasteiger partial charge in [0.15, 0.2) is 5.78 Å². The van der Waals surface area contributed by atoms with E-state index < -0.39 is 6.67 Å². The van der Waals surface area contributed by atoms with Crippen LogP contribution >= 0.6 is 0 Å². The first-order valence-corrected chi connectivity index (χ1v) is 10.0. The molecule has 0 bridgehead atoms. The standard InChI is InChI=1S/C22H30FN3O3/c23-15-19(27)12-6-2-5-11-18(25-22(28)17-9-3-1-4-10-17)16-29-26-21-14-8-7-13-20(21)24/h1,3-4,7-9,13-14,17-18,26H,2,5-6,10-12,15-16,24H2,(H,25,28)/t17?,18-/m0/s1. The maximum Gasteiger partial charge on any atom is 0.227 e. The van der Waals surface area contributed by atoms with Gasteiger partial charge in [-0.25, -0.2) is 4.39 Å². The number of Topliss-reactive ketones (excluding diaryl/α,β-unsaturated/α-hetero) is 1. The van der Waals surface area contributed by atoms with Gasteiger partial charge in [0.1, 0.15) is 6.67 Å². The van der Waals surface area contributed by atoms with Crippen molar-refractivity contribution in [1.82, 2.24) is 5.32 Å². The van der Waals surface area contributed by atoms with E-state index >= 15 is 0 Å². The fraction of sp³-hybridized carbons (Fsp3) is 0.455. The van der Waals surface area contributed by atoms with Gasteiger partial charge in [0.05, 0.1) is 29.9 Å². The van der Waals surface area contributed by atoms with Crippen LogP contribution in [0.1, 0.15) is 38.5 Å². The normalized spacial score (nSPS) is 16.4. The molecule has 0 heterocycles. The Bertz CT molecular complexity index is 721. The Morgan fingerprint density at radius 3 is 2.76 bits per heavy atom. The average Bonchev–Trinajstić information content (AvgIpc) is 2.75. The van der Waals surface area contributed by atoms with E-state index in [1.807, 2.05) is 42.5 Å². The van der Waals surface area contributed by atoms with Crippen LogP contribution in [-0.4, -0.2) is 31.0 Å². The molecule has 1 aromatic rings. The van der Waals surface area contributed by atoms with Crippen molar-refractivity contribution in [3.63, 3.8) is 0 Å². The number of hydrogen-bond donors (Lipinski definition) is 3. The summed E-state index contributed by atoms with van der Waals surface area (Å²) in [6.45, 7) is -0.625. The van der Waals surface area contributed by atoms with Crippen LogP contribution in [0.5, 0.6) is 0 Å². The van der Waals surface area contributed by atoms with Crippen LogP contribution in [0.2, 0.25) is 0 Å². The Balaban J connectivity index is 1.81. The van der Waals surface area contributed by atoms with Gasteiger partial charge < -0.3 is 11.1 Å². The summed E-state index contributed by atoms with van der Waals surface area (Å²) in [6, 6.07) is 7.08. The molecule has 1 amide bonds. The number of para-hydroxylation sites is 2. The van der Waals surface area contributed by atoms with Gasteiger partial charge >= 0.3 is 0 Å². The van der Waals surface area contributed by atoms with Crippen LogP contribution in [0, 0.1) is 5.92 Å². The van der Waals surface area contributed by atoms with Gasteiger partial charge in [-0.1, -0.05) is 49.3 Å². The summed E-state index contributed by atoms with van der Waals surface area (Å²) < 4.78 is 12.2. The van der Waals surface area contributed by atoms with Gasteiger partial charge in [-0.2, -0.15) is 0 Å². The molecule has 0 saturated carbocycles. The van der Waals surface area contributed by atoms with Gasteiger partial charge in [0.2, 0.25) is 5.91 Å². The van der Waals surface area contributed by atoms with Gasteiger partial charge in [-0.15, -0.1) is 0 Å². The Morgan fingerprint density at radius 1 is 1.21 bits per heavy atom. The molecule has 1 aromatic carbocycles. The quantitative estimate of drug-likeness (QED) is 0.265. The number of ketones is 1. The fourth-order valence-corrected chi connectivity index (χ4v) is 3.05. The van der Waals surface area contributed by atoms with Gasteiger partial charge in [0.25, 0.3) is 0 Å². The number of nitrogen functional groups attached to an aromatic ring is 1. The summed E-state index contributed by atoms with van der Waals surface area (Å²) in [5.74, 6) is -0.576. The highest BCUT2D eigenvalue weighted by Crippen LogP contribution is 2.17. The van der Waals surface area contributed by atoms with E-state index in [2.05, 4.69) is 10.8 Å². The third-order valence-electron chi connectivity index (χ3n) is 4.75. The molecule has 6 nitrogen and oxygen atoms in total. The summed E-state index contributed by atoms with van der Waals surface area (Å²) in [6.07, 6.45) is 11.6. The molecule has 0 aliphatic heterocycles. The third kappa shape index (κ3) is 8.48. The Kier molecular flexibility index (Phi) is 9.92. The minimum atomic E-state index is -0.899. The number of halogens is 1. The van der Waals surface area contributed by atoms with E-state index in [4.69, 9.17) is 10.6 Å². The van der Waals surface area contributed by atoms with Crippen LogP contribution in [0.25, 0.3) is 0 Å². The number of unbranched alkanes of at least 4 members (excludes halogenated alkanes) is 2. The number of nitrogens with two attached hydrogens (primary N) is 1. The largest absolute Gasteiger partial charge is 0.397 e. The Morgan fingerprint density at radius 2 is 2.03 bits per heavy atom. The average molecular weight is 403 g/mol. The predicted octanol–water partition coefficient (Wildman–Crippen LogP) is 3.72. The van der Waals surface area contributed by atoms with Gasteiger partial charge in [-0.3, -0.25) is 19.9 Å². The zero-order valence-electron chi connectivity index (χ0n) is 16.6. The zero-order valence-corrected chi connectivity index (χ0v) is 16.6. The van der Waals surface area contributed by atoms with E-state index in [1.54, 1.807) is 6.07 Å². The lowest BCUT2D eigenvalue weighted by atomic mass is 9.99. The molecular formula is C22H30FN3O3. The summed E-state index contributed by atoms with van der Waals surface area (Å²) in [5.41, 5.74) is 9.96. The molecule has 158 valence electrons. The predicted molar refractivity (Wildman–Crippen MR) is 113 cm³/mol. The molecule has 0 aromatic heterocycles. The molecule has 1 aliphatic carbocycles. The van der Waals surface area contributed by atoms with E-state index in [-0.39, 0.29) is 36.7 Å². The van der Waals surface area contributed by atoms with Gasteiger partial charge in [0, 0.05) is 6.42 Å². The minimum absolute atomic E-state index is 0.0361. The third-order valence-corrected chi connectivity index (χ3v) is 4.75. The molecule has 0 radical (unpaired) electrons. The molecule has 7 heteroatoms. The van der Waals surface area contributed by atoms with E-state index in [9.17, 15) is 14.0 Å². The Hall–Kier alpha value is -2.67. The lowest BCUT2D eigenvalue weighted by Crippen LogP contribution is -2.41. The van der Waals surface area contributed by atoms with Gasteiger partial charge in [-0.05, 0) is 31.4 Å². The number of carbonyl (C=O) groups is 2. The SMILES string of the molecule is Nc1ccccc1NOC[C@H](CCCCCC(=O)CF)NC(=O)C1C=CC=CC1. The summed E-state index contributed by atoms with van der Waals surface area (Å²) in [4.78, 5) is 29.2. The highest BCUT2D eigenvalue weighted by Gasteiger charge is 2.19. The van der Waals surface area contributed by atoms with Crippen molar-refractivity contribution in [2.45, 2.75) is 44.6 Å². The number of nitrogens with one attached hydrogen (secondary N) is 2. The summed E-state index contributed by atoms with van der Waals surface area (Å²) in [7, 11) is 0. The first-order chi connectivity index (χ1) is 14.1. The van der Waals surface area contributed by atoms with Crippen molar-refractivity contribution < 1.29 is 18.8 Å². The minimum Gasteiger partial charge on any atom is -0.397 e. The van der Waals surface area contributed by atoms with Crippen LogP contribution in [-0.2, 0) is 14.4 Å². The second kappa shape index (κ2) is 12.7. The summed E-state index contributed by atoms with van der Waals surface area (Å²) in [5, 5.41) is 3.05. The number of allylic oxidation sites excluding steroid dienone is 3. The van der Waals surface area contributed by atoms with Crippen molar-refractivity contribution >= 4 is 23.1 Å². The molecule has 0 fully saturated rings. The highest BCUT2D eigenvalue weighted by atomic mass is 19.1. The molecule has 2 rings (SSSR count). The molecule has 0 spiro atoms. The maximum absolute atomic E-state index is 12.5. The van der Waals surface area contributed by atoms with E-state index in [1.165, 1.54) is 0 Å². The Labute approximate surface area is 171 Å². The molecule has 2 atom stereocenters. The fourth-order valence-electron chi connectivity index (χ4n) is 3.05. The highest BCUT2D eigenvalue weighted by molar-refractivity contribution is 5.81. The molecular weight excluding hydrogens is 373 g/mol. The van der Waals surface area contributed by atoms with Crippen molar-refractivity contribution in [3.8, 4) is 0 Å². The van der Waals surface area contributed by atoms with Crippen LogP contribution in [0.4, 0.5) is 15.8 Å². The molecule has 1 aliphatic rings. The number of rotatable bonds is 13. The lowest BCUT2D eigenvalue weighted by molar-refractivity contribution is -0.124. The number of amides is 1. The lowest BCUT2D eigenvalue weighted by Gasteiger charge is -2.22. The van der Waals surface area contributed by atoms with Crippen molar-refractivity contribution in [2.75, 3.05) is 24.5 Å². The topological polar surface area (TPSA) is 93.4 Å². The second-order valence-corrected chi connectivity index (χ2v) is 7.13. The number of alkyl halides is 1. The molecule has 4 N–H and O–H groups in total. The first-order valence-electron chi connectivity index (χ1n) is 10.0. The monoisotopic (exact) mass is 403 g/mol. The molecule has 1 unspecified atom stereocenters.